The molecule has 1 atom stereocenters. The molecule has 2 aromatic rings. The predicted octanol–water partition coefficient (Wildman–Crippen LogP) is 3.94. The fraction of sp³-hybridized carbons (Fsp3) is 0.357. The monoisotopic (exact) mass is 341 g/mol. The van der Waals surface area contributed by atoms with Gasteiger partial charge in [-0.25, -0.2) is 0 Å². The Labute approximate surface area is 127 Å². The second-order valence-electron chi connectivity index (χ2n) is 4.42. The van der Waals surface area contributed by atoms with Crippen LogP contribution in [0.15, 0.2) is 28.9 Å². The van der Waals surface area contributed by atoms with Crippen molar-refractivity contribution in [3.63, 3.8) is 0 Å². The van der Waals surface area contributed by atoms with E-state index in [4.69, 9.17) is 11.6 Å². The molecule has 0 aliphatic rings. The van der Waals surface area contributed by atoms with Crippen LogP contribution in [0.5, 0.6) is 0 Å². The zero-order chi connectivity index (χ0) is 14.0. The molecule has 102 valence electrons. The Hall–Kier alpha value is -0.840. The topological polar surface area (TPSA) is 29.9 Å². The van der Waals surface area contributed by atoms with E-state index in [0.29, 0.717) is 0 Å². The molecule has 0 aliphatic heterocycles. The molecular formula is C14H17BrClN3. The lowest BCUT2D eigenvalue weighted by Crippen LogP contribution is -2.22. The van der Waals surface area contributed by atoms with E-state index in [0.717, 1.165) is 21.7 Å². The first-order valence-electron chi connectivity index (χ1n) is 6.23. The molecule has 0 aliphatic carbocycles. The van der Waals surface area contributed by atoms with E-state index in [1.54, 1.807) is 0 Å². The number of aryl methyl sites for hydroxylation is 2. The average Bonchev–Trinajstić information content (AvgIpc) is 2.74. The minimum Gasteiger partial charge on any atom is -0.308 e. The fourth-order valence-corrected chi connectivity index (χ4v) is 3.07. The summed E-state index contributed by atoms with van der Waals surface area (Å²) in [6, 6.07) is 6.07. The molecule has 1 aromatic carbocycles. The van der Waals surface area contributed by atoms with Gasteiger partial charge in [-0.2, -0.15) is 5.10 Å². The highest BCUT2D eigenvalue weighted by Gasteiger charge is 2.21. The van der Waals surface area contributed by atoms with Gasteiger partial charge in [0.2, 0.25) is 0 Å². The van der Waals surface area contributed by atoms with Crippen molar-refractivity contribution in [3.05, 3.63) is 50.7 Å². The van der Waals surface area contributed by atoms with Gasteiger partial charge in [-0.15, -0.1) is 0 Å². The maximum Gasteiger partial charge on any atom is 0.0760 e. The van der Waals surface area contributed by atoms with Crippen LogP contribution in [0.2, 0.25) is 5.02 Å². The molecule has 19 heavy (non-hydrogen) atoms. The first-order chi connectivity index (χ1) is 9.08. The van der Waals surface area contributed by atoms with Crippen molar-refractivity contribution >= 4 is 27.5 Å². The molecule has 5 heteroatoms. The van der Waals surface area contributed by atoms with Crippen LogP contribution in [0.3, 0.4) is 0 Å². The number of hydrogen-bond acceptors (Lipinski definition) is 2. The molecule has 0 fully saturated rings. The van der Waals surface area contributed by atoms with Gasteiger partial charge < -0.3 is 5.32 Å². The van der Waals surface area contributed by atoms with Crippen LogP contribution in [0, 0.1) is 6.92 Å². The maximum absolute atomic E-state index is 6.03. The second kappa shape index (κ2) is 6.07. The number of nitrogens with zero attached hydrogens (tertiary/aromatic N) is 2. The summed E-state index contributed by atoms with van der Waals surface area (Å²) in [5.41, 5.74) is 3.51. The Kier molecular flexibility index (Phi) is 4.66. The highest BCUT2D eigenvalue weighted by molar-refractivity contribution is 9.10. The molecule has 1 heterocycles. The van der Waals surface area contributed by atoms with Gasteiger partial charge in [0.25, 0.3) is 0 Å². The number of benzene rings is 1. The molecule has 1 unspecified atom stereocenters. The number of aromatic nitrogens is 2. The minimum absolute atomic E-state index is 0.0918. The zero-order valence-electron chi connectivity index (χ0n) is 11.2. The lowest BCUT2D eigenvalue weighted by Gasteiger charge is -2.21. The van der Waals surface area contributed by atoms with Crippen LogP contribution in [0.1, 0.15) is 29.8 Å². The Morgan fingerprint density at radius 3 is 2.79 bits per heavy atom. The zero-order valence-corrected chi connectivity index (χ0v) is 13.6. The number of halogens is 2. The largest absolute Gasteiger partial charge is 0.308 e. The van der Waals surface area contributed by atoms with Gasteiger partial charge >= 0.3 is 0 Å². The van der Waals surface area contributed by atoms with Crippen LogP contribution in [-0.4, -0.2) is 16.8 Å². The lowest BCUT2D eigenvalue weighted by molar-refractivity contribution is 0.560. The van der Waals surface area contributed by atoms with Crippen molar-refractivity contribution in [1.82, 2.24) is 15.1 Å². The first-order valence-corrected chi connectivity index (χ1v) is 7.40. The molecule has 2 rings (SSSR count). The molecule has 0 saturated heterocycles. The van der Waals surface area contributed by atoms with E-state index in [1.165, 1.54) is 11.1 Å². The molecule has 3 nitrogen and oxygen atoms in total. The summed E-state index contributed by atoms with van der Waals surface area (Å²) in [5.74, 6) is 0. The molecule has 0 bridgehead atoms. The fourth-order valence-electron chi connectivity index (χ4n) is 2.31. The molecule has 0 saturated carbocycles. The van der Waals surface area contributed by atoms with Crippen molar-refractivity contribution in [2.75, 3.05) is 7.05 Å². The normalized spacial score (nSPS) is 12.7. The maximum atomic E-state index is 6.03. The summed E-state index contributed by atoms with van der Waals surface area (Å²) in [6.07, 6.45) is 1.84. The lowest BCUT2D eigenvalue weighted by atomic mass is 9.99. The molecule has 0 radical (unpaired) electrons. The van der Waals surface area contributed by atoms with Crippen molar-refractivity contribution in [2.24, 2.45) is 0 Å². The summed E-state index contributed by atoms with van der Waals surface area (Å²) in [5, 5.41) is 8.51. The van der Waals surface area contributed by atoms with Gasteiger partial charge in [0.1, 0.15) is 0 Å². The smallest absolute Gasteiger partial charge is 0.0760 e. The van der Waals surface area contributed by atoms with Crippen LogP contribution in [0.4, 0.5) is 0 Å². The van der Waals surface area contributed by atoms with Gasteiger partial charge in [-0.05, 0) is 60.1 Å². The van der Waals surface area contributed by atoms with Crippen LogP contribution >= 0.6 is 27.5 Å². The highest BCUT2D eigenvalue weighted by Crippen LogP contribution is 2.31. The van der Waals surface area contributed by atoms with E-state index in [9.17, 15) is 0 Å². The second-order valence-corrected chi connectivity index (χ2v) is 5.71. The number of nitrogens with one attached hydrogen (secondary N) is 1. The SMILES string of the molecule is CCn1ncc(Br)c1C(NC)c1ccc(Cl)cc1C. The first kappa shape index (κ1) is 14.6. The van der Waals surface area contributed by atoms with Crippen molar-refractivity contribution in [1.29, 1.82) is 0 Å². The quantitative estimate of drug-likeness (QED) is 0.912. The summed E-state index contributed by atoms with van der Waals surface area (Å²) in [4.78, 5) is 0. The molecule has 1 N–H and O–H groups in total. The Bertz CT molecular complexity index is 580. The Morgan fingerprint density at radius 2 is 2.21 bits per heavy atom. The van der Waals surface area contributed by atoms with Crippen molar-refractivity contribution < 1.29 is 0 Å². The summed E-state index contributed by atoms with van der Waals surface area (Å²) in [6.45, 7) is 5.00. The highest BCUT2D eigenvalue weighted by atomic mass is 79.9. The third-order valence-corrected chi connectivity index (χ3v) is 4.08. The van der Waals surface area contributed by atoms with E-state index in [-0.39, 0.29) is 6.04 Å². The summed E-state index contributed by atoms with van der Waals surface area (Å²) < 4.78 is 3.02. The Morgan fingerprint density at radius 1 is 1.47 bits per heavy atom. The van der Waals surface area contributed by atoms with E-state index in [2.05, 4.69) is 46.3 Å². The standard InChI is InChI=1S/C14H17BrClN3/c1-4-19-14(12(15)8-18-19)13(17-3)11-6-5-10(16)7-9(11)2/h5-8,13,17H,4H2,1-3H3. The third-order valence-electron chi connectivity index (χ3n) is 3.24. The summed E-state index contributed by atoms with van der Waals surface area (Å²) >= 11 is 9.62. The molecule has 0 spiro atoms. The van der Waals surface area contributed by atoms with Gasteiger partial charge in [-0.1, -0.05) is 17.7 Å². The van der Waals surface area contributed by atoms with Crippen molar-refractivity contribution in [3.8, 4) is 0 Å². The third kappa shape index (κ3) is 2.86. The number of hydrogen-bond donors (Lipinski definition) is 1. The van der Waals surface area contributed by atoms with E-state index < -0.39 is 0 Å². The minimum atomic E-state index is 0.0918. The average molecular weight is 343 g/mol. The molecule has 1 aromatic heterocycles. The Balaban J connectivity index is 2.52. The van der Waals surface area contributed by atoms with Crippen LogP contribution in [-0.2, 0) is 6.54 Å². The van der Waals surface area contributed by atoms with Crippen molar-refractivity contribution in [2.45, 2.75) is 26.4 Å². The summed E-state index contributed by atoms with van der Waals surface area (Å²) in [7, 11) is 1.96. The predicted molar refractivity (Wildman–Crippen MR) is 82.7 cm³/mol. The van der Waals surface area contributed by atoms with Crippen LogP contribution in [0.25, 0.3) is 0 Å². The van der Waals surface area contributed by atoms with E-state index in [1.807, 2.05) is 30.1 Å². The van der Waals surface area contributed by atoms with Gasteiger partial charge in [-0.3, -0.25) is 4.68 Å². The van der Waals surface area contributed by atoms with Gasteiger partial charge in [0.05, 0.1) is 22.4 Å². The molecular weight excluding hydrogens is 326 g/mol. The molecule has 0 amide bonds. The van der Waals surface area contributed by atoms with Gasteiger partial charge in [0.15, 0.2) is 0 Å². The van der Waals surface area contributed by atoms with Gasteiger partial charge in [0, 0.05) is 11.6 Å². The van der Waals surface area contributed by atoms with E-state index >= 15 is 0 Å². The van der Waals surface area contributed by atoms with Crippen LogP contribution < -0.4 is 5.32 Å². The number of rotatable bonds is 4.